The number of amides is 2. The third-order valence-electron chi connectivity index (χ3n) is 4.49. The Morgan fingerprint density at radius 1 is 1.07 bits per heavy atom. The zero-order chi connectivity index (χ0) is 19.6. The van der Waals surface area contributed by atoms with E-state index in [4.69, 9.17) is 4.74 Å². The molecule has 0 radical (unpaired) electrons. The summed E-state index contributed by atoms with van der Waals surface area (Å²) in [5, 5.41) is 2.86. The van der Waals surface area contributed by atoms with E-state index in [-0.39, 0.29) is 24.3 Å². The Balaban J connectivity index is 1.81. The van der Waals surface area contributed by atoms with Gasteiger partial charge in [0.2, 0.25) is 11.8 Å². The van der Waals surface area contributed by atoms with E-state index in [2.05, 4.69) is 5.32 Å². The molecule has 0 aromatic heterocycles. The minimum absolute atomic E-state index is 0.00272. The van der Waals surface area contributed by atoms with Gasteiger partial charge < -0.3 is 15.0 Å². The quantitative estimate of drug-likeness (QED) is 0.720. The van der Waals surface area contributed by atoms with Crippen molar-refractivity contribution in [3.63, 3.8) is 0 Å². The van der Waals surface area contributed by atoms with Crippen LogP contribution in [0.4, 0.5) is 5.69 Å². The van der Waals surface area contributed by atoms with Crippen LogP contribution in [0.1, 0.15) is 39.2 Å². The van der Waals surface area contributed by atoms with Gasteiger partial charge >= 0.3 is 0 Å². The Bertz CT molecular complexity index is 729. The summed E-state index contributed by atoms with van der Waals surface area (Å²) in [6, 6.07) is 17.4. The number of benzene rings is 2. The summed E-state index contributed by atoms with van der Waals surface area (Å²) in [4.78, 5) is 25.6. The van der Waals surface area contributed by atoms with Crippen LogP contribution >= 0.6 is 0 Å². The fourth-order valence-corrected chi connectivity index (χ4v) is 2.73. The van der Waals surface area contributed by atoms with Crippen LogP contribution < -0.4 is 10.1 Å². The van der Waals surface area contributed by atoms with Crippen molar-refractivity contribution in [3.05, 3.63) is 60.2 Å². The molecule has 144 valence electrons. The second-order valence-corrected chi connectivity index (χ2v) is 6.57. The highest BCUT2D eigenvalue weighted by Gasteiger charge is 2.16. The fourth-order valence-electron chi connectivity index (χ4n) is 2.73. The first-order valence-electron chi connectivity index (χ1n) is 9.33. The number of ether oxygens (including phenoxy) is 1. The monoisotopic (exact) mass is 368 g/mol. The van der Waals surface area contributed by atoms with E-state index < -0.39 is 0 Å². The van der Waals surface area contributed by atoms with Crippen LogP contribution in [0.3, 0.4) is 0 Å². The van der Waals surface area contributed by atoms with E-state index in [0.717, 1.165) is 17.7 Å². The Morgan fingerprint density at radius 3 is 2.33 bits per heavy atom. The summed E-state index contributed by atoms with van der Waals surface area (Å²) in [7, 11) is 0. The molecule has 0 fully saturated rings. The number of carbonyl (C=O) groups is 2. The van der Waals surface area contributed by atoms with Crippen LogP contribution in [0.25, 0.3) is 0 Å². The van der Waals surface area contributed by atoms with Gasteiger partial charge in [0.25, 0.3) is 0 Å². The summed E-state index contributed by atoms with van der Waals surface area (Å²) in [5.41, 5.74) is 1.82. The van der Waals surface area contributed by atoms with Crippen molar-refractivity contribution < 1.29 is 14.3 Å². The third kappa shape index (κ3) is 6.77. The summed E-state index contributed by atoms with van der Waals surface area (Å²) >= 11 is 0. The molecule has 0 spiro atoms. The molecule has 0 heterocycles. The zero-order valence-corrected chi connectivity index (χ0v) is 16.3. The molecule has 0 bridgehead atoms. The summed E-state index contributed by atoms with van der Waals surface area (Å²) in [5.74, 6) is 0.635. The molecule has 2 aromatic rings. The second-order valence-electron chi connectivity index (χ2n) is 6.57. The molecule has 2 aromatic carbocycles. The van der Waals surface area contributed by atoms with Gasteiger partial charge in [-0.3, -0.25) is 9.59 Å². The van der Waals surface area contributed by atoms with Crippen LogP contribution in [0.15, 0.2) is 54.6 Å². The van der Waals surface area contributed by atoms with E-state index in [1.54, 1.807) is 4.90 Å². The number of hydrogen-bond donors (Lipinski definition) is 1. The molecule has 27 heavy (non-hydrogen) atoms. The van der Waals surface area contributed by atoms with E-state index in [0.29, 0.717) is 18.8 Å². The molecule has 1 unspecified atom stereocenters. The van der Waals surface area contributed by atoms with E-state index in [1.165, 1.54) is 6.92 Å². The van der Waals surface area contributed by atoms with Gasteiger partial charge in [-0.2, -0.15) is 0 Å². The van der Waals surface area contributed by atoms with Crippen molar-refractivity contribution in [1.82, 2.24) is 4.90 Å². The van der Waals surface area contributed by atoms with E-state index in [9.17, 15) is 9.59 Å². The lowest BCUT2D eigenvalue weighted by molar-refractivity contribution is -0.131. The van der Waals surface area contributed by atoms with Gasteiger partial charge in [0.1, 0.15) is 12.4 Å². The number of anilines is 1. The Labute approximate surface area is 161 Å². The van der Waals surface area contributed by atoms with E-state index >= 15 is 0 Å². The Kier molecular flexibility index (Phi) is 7.86. The Hall–Kier alpha value is -2.82. The van der Waals surface area contributed by atoms with Gasteiger partial charge in [0.05, 0.1) is 0 Å². The molecule has 2 amide bonds. The first-order valence-corrected chi connectivity index (χ1v) is 9.33. The first kappa shape index (κ1) is 20.5. The maximum absolute atomic E-state index is 12.2. The van der Waals surface area contributed by atoms with Gasteiger partial charge in [0.15, 0.2) is 0 Å². The van der Waals surface area contributed by atoms with E-state index in [1.807, 2.05) is 68.4 Å². The Morgan fingerprint density at radius 2 is 1.74 bits per heavy atom. The van der Waals surface area contributed by atoms with Crippen molar-refractivity contribution in [2.24, 2.45) is 0 Å². The predicted octanol–water partition coefficient (Wildman–Crippen LogP) is 4.24. The summed E-state index contributed by atoms with van der Waals surface area (Å²) in [6.07, 6.45) is 1.14. The van der Waals surface area contributed by atoms with Crippen molar-refractivity contribution in [2.75, 3.05) is 11.9 Å². The van der Waals surface area contributed by atoms with Gasteiger partial charge in [0, 0.05) is 31.6 Å². The summed E-state index contributed by atoms with van der Waals surface area (Å²) < 4.78 is 5.74. The van der Waals surface area contributed by atoms with Gasteiger partial charge in [-0.1, -0.05) is 37.3 Å². The van der Waals surface area contributed by atoms with Gasteiger partial charge in [-0.25, -0.2) is 0 Å². The maximum atomic E-state index is 12.2. The van der Waals surface area contributed by atoms with Crippen LogP contribution in [-0.2, 0) is 16.2 Å². The number of nitrogens with zero attached hydrogens (tertiary/aromatic N) is 1. The zero-order valence-electron chi connectivity index (χ0n) is 16.3. The topological polar surface area (TPSA) is 58.6 Å². The highest BCUT2D eigenvalue weighted by atomic mass is 16.5. The molecule has 1 N–H and O–H groups in total. The standard InChI is InChI=1S/C22H28N2O3/c1-4-17(2)24(18(3)25)15-14-22(26)23-20-10-12-21(13-11-20)27-16-19-8-6-5-7-9-19/h5-13,17H,4,14-16H2,1-3H3,(H,23,26). The molecule has 0 aliphatic carbocycles. The lowest BCUT2D eigenvalue weighted by Gasteiger charge is -2.27. The molecule has 0 saturated heterocycles. The molecule has 1 atom stereocenters. The smallest absolute Gasteiger partial charge is 0.226 e. The average molecular weight is 368 g/mol. The minimum Gasteiger partial charge on any atom is -0.489 e. The third-order valence-corrected chi connectivity index (χ3v) is 4.49. The molecule has 0 aliphatic heterocycles. The molecule has 2 rings (SSSR count). The van der Waals surface area contributed by atoms with Crippen LogP contribution in [0, 0.1) is 0 Å². The lowest BCUT2D eigenvalue weighted by Crippen LogP contribution is -2.38. The predicted molar refractivity (Wildman–Crippen MR) is 108 cm³/mol. The normalized spacial score (nSPS) is 11.5. The molecule has 5 heteroatoms. The molecule has 0 aliphatic rings. The van der Waals surface area contributed by atoms with Crippen molar-refractivity contribution in [2.45, 2.75) is 46.3 Å². The summed E-state index contributed by atoms with van der Waals surface area (Å²) in [6.45, 7) is 6.49. The van der Waals surface area contributed by atoms with Crippen LogP contribution in [-0.4, -0.2) is 29.3 Å². The first-order chi connectivity index (χ1) is 13.0. The fraction of sp³-hybridized carbons (Fsp3) is 0.364. The SMILES string of the molecule is CCC(C)N(CCC(=O)Nc1ccc(OCc2ccccc2)cc1)C(C)=O. The lowest BCUT2D eigenvalue weighted by atomic mass is 10.2. The molecular weight excluding hydrogens is 340 g/mol. The van der Waals surface area contributed by atoms with Crippen molar-refractivity contribution in [3.8, 4) is 5.75 Å². The highest BCUT2D eigenvalue weighted by molar-refractivity contribution is 5.91. The minimum atomic E-state index is -0.109. The van der Waals surface area contributed by atoms with Crippen LogP contribution in [0.5, 0.6) is 5.75 Å². The van der Waals surface area contributed by atoms with Crippen molar-refractivity contribution in [1.29, 1.82) is 0 Å². The largest absolute Gasteiger partial charge is 0.489 e. The second kappa shape index (κ2) is 10.4. The molecular formula is C22H28N2O3. The molecule has 0 saturated carbocycles. The average Bonchev–Trinajstić information content (AvgIpc) is 2.68. The number of hydrogen-bond acceptors (Lipinski definition) is 3. The highest BCUT2D eigenvalue weighted by Crippen LogP contribution is 2.17. The number of carbonyl (C=O) groups excluding carboxylic acids is 2. The molecule has 5 nitrogen and oxygen atoms in total. The number of rotatable bonds is 9. The number of nitrogens with one attached hydrogen (secondary N) is 1. The van der Waals surface area contributed by atoms with Crippen molar-refractivity contribution >= 4 is 17.5 Å². The van der Waals surface area contributed by atoms with Gasteiger partial charge in [-0.05, 0) is 43.2 Å². The van der Waals surface area contributed by atoms with Crippen LogP contribution in [0.2, 0.25) is 0 Å². The van der Waals surface area contributed by atoms with Gasteiger partial charge in [-0.15, -0.1) is 0 Å². The maximum Gasteiger partial charge on any atom is 0.226 e.